The lowest BCUT2D eigenvalue weighted by atomic mass is 10.0. The number of carbonyl (C=O) groups excluding carboxylic acids is 2. The lowest BCUT2D eigenvalue weighted by Crippen LogP contribution is -2.54. The highest BCUT2D eigenvalue weighted by atomic mass is 16.2. The quantitative estimate of drug-likeness (QED) is 0.845. The molecule has 1 N–H and O–H groups in total. The number of amides is 2. The van der Waals surface area contributed by atoms with Gasteiger partial charge in [-0.3, -0.25) is 14.5 Å². The van der Waals surface area contributed by atoms with Crippen molar-refractivity contribution in [3.8, 4) is 0 Å². The van der Waals surface area contributed by atoms with Gasteiger partial charge in [-0.05, 0) is 38.5 Å². The van der Waals surface area contributed by atoms with Crippen LogP contribution in [-0.4, -0.2) is 59.4 Å². The maximum Gasteiger partial charge on any atom is 0.243 e. The number of nitrogens with one attached hydrogen (secondary N) is 1. The fraction of sp³-hybridized carbons (Fsp3) is 0.875. The topological polar surface area (TPSA) is 52.7 Å². The van der Waals surface area contributed by atoms with Gasteiger partial charge in [-0.15, -0.1) is 0 Å². The van der Waals surface area contributed by atoms with Gasteiger partial charge in [-0.25, -0.2) is 0 Å². The second-order valence-electron chi connectivity index (χ2n) is 6.67. The van der Waals surface area contributed by atoms with Gasteiger partial charge >= 0.3 is 0 Å². The molecule has 3 fully saturated rings. The van der Waals surface area contributed by atoms with Crippen LogP contribution in [-0.2, 0) is 9.59 Å². The van der Waals surface area contributed by atoms with Gasteiger partial charge in [0.05, 0.1) is 0 Å². The Hall–Kier alpha value is -1.10. The van der Waals surface area contributed by atoms with Gasteiger partial charge in [0.1, 0.15) is 6.04 Å². The van der Waals surface area contributed by atoms with Gasteiger partial charge in [0.15, 0.2) is 0 Å². The zero-order valence-electron chi connectivity index (χ0n) is 13.0. The van der Waals surface area contributed by atoms with Crippen molar-refractivity contribution in [2.45, 2.75) is 70.0 Å². The Bertz CT molecular complexity index is 408. The zero-order valence-corrected chi connectivity index (χ0v) is 13.0. The van der Waals surface area contributed by atoms with Crippen molar-refractivity contribution in [3.63, 3.8) is 0 Å². The molecule has 3 rings (SSSR count). The molecule has 2 saturated heterocycles. The van der Waals surface area contributed by atoms with Gasteiger partial charge in [0, 0.05) is 38.1 Å². The van der Waals surface area contributed by atoms with E-state index < -0.39 is 0 Å². The fourth-order valence-corrected chi connectivity index (χ4v) is 3.68. The SMILES string of the molecule is CCC(=O)N1CCCCC1C(=O)NC1CCN(C2CC2)C1. The third kappa shape index (κ3) is 3.39. The van der Waals surface area contributed by atoms with Crippen LogP contribution in [0.3, 0.4) is 0 Å². The first-order valence-corrected chi connectivity index (χ1v) is 8.53. The normalized spacial score (nSPS) is 30.4. The number of nitrogens with zero attached hydrogens (tertiary/aromatic N) is 2. The van der Waals surface area contributed by atoms with E-state index in [0.717, 1.165) is 51.4 Å². The molecule has 0 bridgehead atoms. The summed E-state index contributed by atoms with van der Waals surface area (Å²) < 4.78 is 0. The van der Waals surface area contributed by atoms with Crippen LogP contribution < -0.4 is 5.32 Å². The summed E-state index contributed by atoms with van der Waals surface area (Å²) in [5, 5.41) is 3.20. The molecule has 0 radical (unpaired) electrons. The molecular weight excluding hydrogens is 266 g/mol. The Kier molecular flexibility index (Phi) is 4.48. The molecule has 2 unspecified atom stereocenters. The van der Waals surface area contributed by atoms with Gasteiger partial charge in [0.2, 0.25) is 11.8 Å². The first kappa shape index (κ1) is 14.8. The molecule has 1 aliphatic carbocycles. The van der Waals surface area contributed by atoms with Crippen molar-refractivity contribution >= 4 is 11.8 Å². The zero-order chi connectivity index (χ0) is 14.8. The first-order chi connectivity index (χ1) is 10.2. The van der Waals surface area contributed by atoms with Crippen molar-refractivity contribution in [1.82, 2.24) is 15.1 Å². The van der Waals surface area contributed by atoms with Crippen molar-refractivity contribution in [1.29, 1.82) is 0 Å². The molecule has 2 aliphatic heterocycles. The summed E-state index contributed by atoms with van der Waals surface area (Å²) in [4.78, 5) is 28.9. The summed E-state index contributed by atoms with van der Waals surface area (Å²) in [7, 11) is 0. The second kappa shape index (κ2) is 6.34. The van der Waals surface area contributed by atoms with Crippen molar-refractivity contribution in [2.75, 3.05) is 19.6 Å². The largest absolute Gasteiger partial charge is 0.350 e. The lowest BCUT2D eigenvalue weighted by Gasteiger charge is -2.35. The number of carbonyl (C=O) groups is 2. The molecule has 2 amide bonds. The molecule has 0 aromatic rings. The predicted octanol–water partition coefficient (Wildman–Crippen LogP) is 1.13. The van der Waals surface area contributed by atoms with Gasteiger partial charge < -0.3 is 10.2 Å². The van der Waals surface area contributed by atoms with Gasteiger partial charge in [-0.1, -0.05) is 6.92 Å². The smallest absolute Gasteiger partial charge is 0.243 e. The van der Waals surface area contributed by atoms with E-state index in [2.05, 4.69) is 10.2 Å². The van der Waals surface area contributed by atoms with Crippen LogP contribution >= 0.6 is 0 Å². The van der Waals surface area contributed by atoms with E-state index >= 15 is 0 Å². The highest BCUT2D eigenvalue weighted by Gasteiger charge is 2.37. The summed E-state index contributed by atoms with van der Waals surface area (Å²) in [6, 6.07) is 0.819. The third-order valence-corrected chi connectivity index (χ3v) is 5.06. The van der Waals surface area contributed by atoms with Crippen molar-refractivity contribution < 1.29 is 9.59 Å². The molecular formula is C16H27N3O2. The van der Waals surface area contributed by atoms with Crippen molar-refractivity contribution in [3.05, 3.63) is 0 Å². The van der Waals surface area contributed by atoms with E-state index in [1.807, 2.05) is 6.92 Å². The minimum Gasteiger partial charge on any atom is -0.350 e. The Morgan fingerprint density at radius 2 is 1.90 bits per heavy atom. The van der Waals surface area contributed by atoms with Gasteiger partial charge in [0.25, 0.3) is 0 Å². The fourth-order valence-electron chi connectivity index (χ4n) is 3.68. The van der Waals surface area contributed by atoms with E-state index in [4.69, 9.17) is 0 Å². The number of hydrogen-bond acceptors (Lipinski definition) is 3. The molecule has 0 aromatic heterocycles. The minimum atomic E-state index is -0.235. The molecule has 21 heavy (non-hydrogen) atoms. The van der Waals surface area contributed by atoms with E-state index in [0.29, 0.717) is 6.42 Å². The van der Waals surface area contributed by atoms with E-state index in [9.17, 15) is 9.59 Å². The van der Waals surface area contributed by atoms with Crippen LogP contribution in [0.1, 0.15) is 51.9 Å². The average Bonchev–Trinajstić information content (AvgIpc) is 3.27. The second-order valence-corrected chi connectivity index (χ2v) is 6.67. The Morgan fingerprint density at radius 1 is 1.10 bits per heavy atom. The van der Waals surface area contributed by atoms with Gasteiger partial charge in [-0.2, -0.15) is 0 Å². The number of likely N-dealkylation sites (tertiary alicyclic amines) is 2. The molecule has 3 aliphatic rings. The molecule has 5 heteroatoms. The van der Waals surface area contributed by atoms with Crippen LogP contribution in [0.25, 0.3) is 0 Å². The minimum absolute atomic E-state index is 0.0687. The molecule has 2 atom stereocenters. The Balaban J connectivity index is 1.54. The first-order valence-electron chi connectivity index (χ1n) is 8.53. The summed E-state index contributed by atoms with van der Waals surface area (Å²) in [5.41, 5.74) is 0. The maximum atomic E-state index is 12.6. The standard InChI is InChI=1S/C16H27N3O2/c1-2-15(20)19-9-4-3-5-14(19)16(21)17-12-8-10-18(11-12)13-6-7-13/h12-14H,2-11H2,1H3,(H,17,21). The monoisotopic (exact) mass is 293 g/mol. The summed E-state index contributed by atoms with van der Waals surface area (Å²) in [6.07, 6.45) is 7.07. The molecule has 2 heterocycles. The molecule has 5 nitrogen and oxygen atoms in total. The third-order valence-electron chi connectivity index (χ3n) is 5.06. The van der Waals surface area contributed by atoms with Crippen LogP contribution in [0.4, 0.5) is 0 Å². The summed E-state index contributed by atoms with van der Waals surface area (Å²) in [5.74, 6) is 0.181. The average molecular weight is 293 g/mol. The van der Waals surface area contributed by atoms with E-state index in [1.54, 1.807) is 4.90 Å². The number of piperidine rings is 1. The van der Waals surface area contributed by atoms with Crippen LogP contribution in [0.5, 0.6) is 0 Å². The van der Waals surface area contributed by atoms with E-state index in [1.165, 1.54) is 12.8 Å². The molecule has 0 spiro atoms. The number of rotatable bonds is 4. The summed E-state index contributed by atoms with van der Waals surface area (Å²) >= 11 is 0. The van der Waals surface area contributed by atoms with E-state index in [-0.39, 0.29) is 23.9 Å². The Labute approximate surface area is 127 Å². The Morgan fingerprint density at radius 3 is 2.62 bits per heavy atom. The highest BCUT2D eigenvalue weighted by molar-refractivity contribution is 5.88. The highest BCUT2D eigenvalue weighted by Crippen LogP contribution is 2.30. The number of hydrogen-bond donors (Lipinski definition) is 1. The molecule has 0 aromatic carbocycles. The molecule has 1 saturated carbocycles. The predicted molar refractivity (Wildman–Crippen MR) is 80.8 cm³/mol. The summed E-state index contributed by atoms with van der Waals surface area (Å²) in [6.45, 7) is 4.71. The maximum absolute atomic E-state index is 12.6. The van der Waals surface area contributed by atoms with Crippen LogP contribution in [0.2, 0.25) is 0 Å². The van der Waals surface area contributed by atoms with Crippen molar-refractivity contribution in [2.24, 2.45) is 0 Å². The molecule has 118 valence electrons. The van der Waals surface area contributed by atoms with Crippen LogP contribution in [0.15, 0.2) is 0 Å². The van der Waals surface area contributed by atoms with Crippen LogP contribution in [0, 0.1) is 0 Å². The lowest BCUT2D eigenvalue weighted by molar-refractivity contribution is -0.142.